The molecule has 8 nitrogen and oxygen atoms in total. The quantitative estimate of drug-likeness (QED) is 0.554. The maximum absolute atomic E-state index is 13.7. The first-order chi connectivity index (χ1) is 9.52. The first kappa shape index (κ1) is 13.0. The second kappa shape index (κ2) is 4.54. The SMILES string of the molecule is Nc1nc2c(ccn2[C@@H]2O[C@H](CO)[C@H](F)C2O)c(=O)[nH]1. The summed E-state index contributed by atoms with van der Waals surface area (Å²) in [4.78, 5) is 18.0. The van der Waals surface area contributed by atoms with Gasteiger partial charge in [-0.05, 0) is 6.07 Å². The van der Waals surface area contributed by atoms with Gasteiger partial charge in [-0.15, -0.1) is 0 Å². The molecule has 0 bridgehead atoms. The zero-order chi connectivity index (χ0) is 14.4. The van der Waals surface area contributed by atoms with Crippen molar-refractivity contribution in [1.29, 1.82) is 0 Å². The number of hydrogen-bond acceptors (Lipinski definition) is 6. The lowest BCUT2D eigenvalue weighted by atomic mass is 10.1. The third kappa shape index (κ3) is 1.79. The fourth-order valence-electron chi connectivity index (χ4n) is 2.35. The van der Waals surface area contributed by atoms with E-state index in [1.54, 1.807) is 0 Å². The van der Waals surface area contributed by atoms with Crippen molar-refractivity contribution in [2.45, 2.75) is 24.6 Å². The summed E-state index contributed by atoms with van der Waals surface area (Å²) in [7, 11) is 0. The average Bonchev–Trinajstić information content (AvgIpc) is 2.93. The summed E-state index contributed by atoms with van der Waals surface area (Å²) in [5.41, 5.74) is 5.22. The number of fused-ring (bicyclic) bond motifs is 1. The van der Waals surface area contributed by atoms with Gasteiger partial charge in [0, 0.05) is 6.20 Å². The number of nitrogens with two attached hydrogens (primary N) is 1. The summed E-state index contributed by atoms with van der Waals surface area (Å²) in [6, 6.07) is 1.47. The van der Waals surface area contributed by atoms with Crippen LogP contribution in [0.15, 0.2) is 17.1 Å². The molecule has 108 valence electrons. The van der Waals surface area contributed by atoms with Gasteiger partial charge in [0.25, 0.3) is 5.56 Å². The van der Waals surface area contributed by atoms with Crippen LogP contribution in [0.2, 0.25) is 0 Å². The molecule has 3 heterocycles. The molecule has 1 aliphatic rings. The lowest BCUT2D eigenvalue weighted by molar-refractivity contribution is -0.0492. The summed E-state index contributed by atoms with van der Waals surface area (Å²) in [5, 5.41) is 19.1. The van der Waals surface area contributed by atoms with Crippen LogP contribution in [-0.4, -0.2) is 49.7 Å². The molecule has 4 atom stereocenters. The first-order valence-corrected chi connectivity index (χ1v) is 5.97. The van der Waals surface area contributed by atoms with E-state index in [0.717, 1.165) is 0 Å². The van der Waals surface area contributed by atoms with Crippen LogP contribution in [0.3, 0.4) is 0 Å². The second-order valence-corrected chi connectivity index (χ2v) is 4.59. The Labute approximate surface area is 111 Å². The van der Waals surface area contributed by atoms with Gasteiger partial charge in [-0.1, -0.05) is 0 Å². The number of nitrogens with one attached hydrogen (secondary N) is 1. The normalized spacial score (nSPS) is 30.1. The molecular weight excluding hydrogens is 271 g/mol. The number of aromatic amines is 1. The van der Waals surface area contributed by atoms with E-state index in [1.165, 1.54) is 16.8 Å². The van der Waals surface area contributed by atoms with Crippen LogP contribution in [0.4, 0.5) is 10.3 Å². The molecule has 1 saturated heterocycles. The number of hydrogen-bond donors (Lipinski definition) is 4. The minimum Gasteiger partial charge on any atom is -0.394 e. The Balaban J connectivity index is 2.09. The van der Waals surface area contributed by atoms with Crippen LogP contribution >= 0.6 is 0 Å². The number of rotatable bonds is 2. The number of nitrogen functional groups attached to an aromatic ring is 1. The molecule has 1 fully saturated rings. The summed E-state index contributed by atoms with van der Waals surface area (Å²) in [5.74, 6) is -0.0922. The van der Waals surface area contributed by atoms with E-state index in [-0.39, 0.29) is 17.0 Å². The number of H-pyrrole nitrogens is 1. The molecule has 0 aromatic carbocycles. The van der Waals surface area contributed by atoms with Crippen LogP contribution in [0.1, 0.15) is 6.23 Å². The van der Waals surface area contributed by atoms with E-state index in [0.29, 0.717) is 0 Å². The number of aliphatic hydroxyl groups excluding tert-OH is 2. The van der Waals surface area contributed by atoms with Gasteiger partial charge >= 0.3 is 0 Å². The third-order valence-electron chi connectivity index (χ3n) is 3.34. The number of aliphatic hydroxyl groups is 2. The standard InChI is InChI=1S/C11H13FN4O4/c12-6-5(3-17)20-10(7(6)18)16-2-1-4-8(16)14-11(13)15-9(4)19/h1-2,5-7,10,17-18H,3H2,(H3,13,14,15,19)/t5-,6+,7?,10-/m1/s1. The summed E-state index contributed by atoms with van der Waals surface area (Å²) >= 11 is 0. The van der Waals surface area contributed by atoms with Gasteiger partial charge in [0.2, 0.25) is 5.95 Å². The molecular formula is C11H13FN4O4. The molecule has 2 aromatic heterocycles. The van der Waals surface area contributed by atoms with E-state index in [4.69, 9.17) is 15.6 Å². The Kier molecular flexibility index (Phi) is 2.96. The van der Waals surface area contributed by atoms with Gasteiger partial charge in [0.05, 0.1) is 12.0 Å². The van der Waals surface area contributed by atoms with Crippen molar-refractivity contribution in [2.24, 2.45) is 0 Å². The Morgan fingerprint density at radius 1 is 1.60 bits per heavy atom. The molecule has 1 unspecified atom stereocenters. The van der Waals surface area contributed by atoms with Crippen LogP contribution in [-0.2, 0) is 4.74 Å². The van der Waals surface area contributed by atoms with Gasteiger partial charge in [-0.2, -0.15) is 4.98 Å². The van der Waals surface area contributed by atoms with Crippen LogP contribution in [0, 0.1) is 0 Å². The first-order valence-electron chi connectivity index (χ1n) is 5.97. The number of anilines is 1. The summed E-state index contributed by atoms with van der Waals surface area (Å²) in [6.45, 7) is -0.552. The molecule has 9 heteroatoms. The number of ether oxygens (including phenoxy) is 1. The number of nitrogens with zero attached hydrogens (tertiary/aromatic N) is 2. The van der Waals surface area contributed by atoms with E-state index >= 15 is 0 Å². The van der Waals surface area contributed by atoms with Crippen LogP contribution in [0.25, 0.3) is 11.0 Å². The summed E-state index contributed by atoms with van der Waals surface area (Å²) in [6.07, 6.45) is -3.93. The van der Waals surface area contributed by atoms with Gasteiger partial charge in [-0.3, -0.25) is 9.78 Å². The molecule has 2 aromatic rings. The molecule has 0 spiro atoms. The fourth-order valence-corrected chi connectivity index (χ4v) is 2.35. The van der Waals surface area contributed by atoms with Gasteiger partial charge in [0.15, 0.2) is 18.0 Å². The second-order valence-electron chi connectivity index (χ2n) is 4.59. The van der Waals surface area contributed by atoms with Crippen molar-refractivity contribution >= 4 is 17.0 Å². The topological polar surface area (TPSA) is 126 Å². The highest BCUT2D eigenvalue weighted by Crippen LogP contribution is 2.33. The third-order valence-corrected chi connectivity index (χ3v) is 3.34. The number of aromatic nitrogens is 3. The number of halogens is 1. The Morgan fingerprint density at radius 2 is 2.35 bits per heavy atom. The van der Waals surface area contributed by atoms with Gasteiger partial charge in [-0.25, -0.2) is 4.39 Å². The van der Waals surface area contributed by atoms with Crippen LogP contribution in [0.5, 0.6) is 0 Å². The Morgan fingerprint density at radius 3 is 3.00 bits per heavy atom. The van der Waals surface area contributed by atoms with Crippen molar-refractivity contribution in [3.05, 3.63) is 22.6 Å². The van der Waals surface area contributed by atoms with Crippen molar-refractivity contribution in [3.63, 3.8) is 0 Å². The zero-order valence-electron chi connectivity index (χ0n) is 10.2. The van der Waals surface area contributed by atoms with Crippen LogP contribution < -0.4 is 11.3 Å². The highest BCUT2D eigenvalue weighted by molar-refractivity contribution is 5.76. The highest BCUT2D eigenvalue weighted by Gasteiger charge is 2.45. The highest BCUT2D eigenvalue weighted by atomic mass is 19.1. The lowest BCUT2D eigenvalue weighted by Gasteiger charge is -2.16. The maximum atomic E-state index is 13.7. The summed E-state index contributed by atoms with van der Waals surface area (Å²) < 4.78 is 20.3. The van der Waals surface area contributed by atoms with Crippen molar-refractivity contribution in [1.82, 2.24) is 14.5 Å². The Hall–Kier alpha value is -1.97. The predicted molar refractivity (Wildman–Crippen MR) is 66.7 cm³/mol. The minimum atomic E-state index is -1.72. The van der Waals surface area contributed by atoms with Crippen molar-refractivity contribution < 1.29 is 19.3 Å². The molecule has 20 heavy (non-hydrogen) atoms. The predicted octanol–water partition coefficient (Wildman–Crippen LogP) is -1.10. The molecule has 0 amide bonds. The van der Waals surface area contributed by atoms with Gasteiger partial charge < -0.3 is 25.3 Å². The van der Waals surface area contributed by atoms with Gasteiger partial charge in [0.1, 0.15) is 12.2 Å². The zero-order valence-corrected chi connectivity index (χ0v) is 10.2. The fraction of sp³-hybridized carbons (Fsp3) is 0.455. The molecule has 0 aliphatic carbocycles. The largest absolute Gasteiger partial charge is 0.394 e. The van der Waals surface area contributed by atoms with E-state index in [1.807, 2.05) is 0 Å². The van der Waals surface area contributed by atoms with Crippen molar-refractivity contribution in [3.8, 4) is 0 Å². The molecule has 0 saturated carbocycles. The van der Waals surface area contributed by atoms with E-state index < -0.39 is 36.8 Å². The van der Waals surface area contributed by atoms with E-state index in [2.05, 4.69) is 9.97 Å². The molecule has 5 N–H and O–H groups in total. The Bertz CT molecular complexity index is 699. The lowest BCUT2D eigenvalue weighted by Crippen LogP contribution is -2.29. The van der Waals surface area contributed by atoms with E-state index in [9.17, 15) is 14.3 Å². The molecule has 1 aliphatic heterocycles. The molecule has 0 radical (unpaired) electrons. The average molecular weight is 284 g/mol. The smallest absolute Gasteiger partial charge is 0.261 e. The van der Waals surface area contributed by atoms with Crippen molar-refractivity contribution in [2.75, 3.05) is 12.3 Å². The number of alkyl halides is 1. The minimum absolute atomic E-state index is 0.0922. The monoisotopic (exact) mass is 284 g/mol. The molecule has 3 rings (SSSR count). The maximum Gasteiger partial charge on any atom is 0.261 e.